The van der Waals surface area contributed by atoms with E-state index in [1.807, 2.05) is 31.3 Å². The van der Waals surface area contributed by atoms with Gasteiger partial charge in [0.25, 0.3) is 0 Å². The molecule has 0 amide bonds. The number of rotatable bonds is 3. The standard InChI is InChI=1S/C17H19ClN2O/c1-12-7-8-15(9-16(12)18)20-10-14(11-21)17(19-20)13-5-3-2-4-6-13/h7-11,13H,2-6H2,1H3. The molecule has 0 saturated heterocycles. The largest absolute Gasteiger partial charge is 0.298 e. The fraction of sp³-hybridized carbons (Fsp3) is 0.412. The van der Waals surface area contributed by atoms with E-state index in [1.54, 1.807) is 4.68 Å². The Kier molecular flexibility index (Phi) is 4.11. The minimum atomic E-state index is 0.418. The Balaban J connectivity index is 1.98. The van der Waals surface area contributed by atoms with E-state index in [-0.39, 0.29) is 0 Å². The van der Waals surface area contributed by atoms with Crippen LogP contribution in [0.5, 0.6) is 0 Å². The predicted molar refractivity (Wildman–Crippen MR) is 84.5 cm³/mol. The summed E-state index contributed by atoms with van der Waals surface area (Å²) in [5, 5.41) is 5.39. The molecule has 3 rings (SSSR count). The van der Waals surface area contributed by atoms with Crippen molar-refractivity contribution in [3.63, 3.8) is 0 Å². The molecule has 0 spiro atoms. The first-order valence-corrected chi connectivity index (χ1v) is 7.88. The van der Waals surface area contributed by atoms with E-state index in [2.05, 4.69) is 5.10 Å². The smallest absolute Gasteiger partial charge is 0.153 e. The summed E-state index contributed by atoms with van der Waals surface area (Å²) in [4.78, 5) is 11.4. The summed E-state index contributed by atoms with van der Waals surface area (Å²) in [6.07, 6.45) is 8.75. The topological polar surface area (TPSA) is 34.9 Å². The van der Waals surface area contributed by atoms with Crippen molar-refractivity contribution in [2.45, 2.75) is 44.9 Å². The second kappa shape index (κ2) is 6.02. The number of carbonyl (C=O) groups excluding carboxylic acids is 1. The highest BCUT2D eigenvalue weighted by Crippen LogP contribution is 2.33. The minimum Gasteiger partial charge on any atom is -0.298 e. The number of hydrogen-bond donors (Lipinski definition) is 0. The molecule has 1 heterocycles. The maximum Gasteiger partial charge on any atom is 0.153 e. The van der Waals surface area contributed by atoms with Crippen LogP contribution in [0.2, 0.25) is 5.02 Å². The van der Waals surface area contributed by atoms with Crippen LogP contribution < -0.4 is 0 Å². The average molecular weight is 303 g/mol. The molecule has 0 unspecified atom stereocenters. The maximum atomic E-state index is 11.4. The van der Waals surface area contributed by atoms with Crippen LogP contribution in [0, 0.1) is 6.92 Å². The second-order valence-electron chi connectivity index (χ2n) is 5.80. The van der Waals surface area contributed by atoms with Gasteiger partial charge in [0.1, 0.15) is 0 Å². The number of aromatic nitrogens is 2. The van der Waals surface area contributed by atoms with E-state index in [1.165, 1.54) is 19.3 Å². The Hall–Kier alpha value is -1.61. The third-order valence-electron chi connectivity index (χ3n) is 4.31. The lowest BCUT2D eigenvalue weighted by Crippen LogP contribution is -2.07. The van der Waals surface area contributed by atoms with Crippen LogP contribution in [-0.4, -0.2) is 16.1 Å². The van der Waals surface area contributed by atoms with Crippen LogP contribution in [0.3, 0.4) is 0 Å². The normalized spacial score (nSPS) is 16.1. The summed E-state index contributed by atoms with van der Waals surface area (Å²) in [5.41, 5.74) is 3.59. The molecule has 110 valence electrons. The van der Waals surface area contributed by atoms with E-state index < -0.39 is 0 Å². The molecule has 0 N–H and O–H groups in total. The zero-order chi connectivity index (χ0) is 14.8. The molecule has 1 fully saturated rings. The summed E-state index contributed by atoms with van der Waals surface area (Å²) < 4.78 is 1.78. The van der Waals surface area contributed by atoms with Crippen LogP contribution in [0.15, 0.2) is 24.4 Å². The van der Waals surface area contributed by atoms with Gasteiger partial charge in [-0.05, 0) is 37.5 Å². The lowest BCUT2D eigenvalue weighted by atomic mass is 9.86. The zero-order valence-electron chi connectivity index (χ0n) is 12.2. The minimum absolute atomic E-state index is 0.418. The van der Waals surface area contributed by atoms with E-state index in [4.69, 9.17) is 11.6 Å². The lowest BCUT2D eigenvalue weighted by molar-refractivity contribution is 0.112. The van der Waals surface area contributed by atoms with E-state index >= 15 is 0 Å². The monoisotopic (exact) mass is 302 g/mol. The van der Waals surface area contributed by atoms with Gasteiger partial charge in [-0.1, -0.05) is 36.9 Å². The molecule has 4 heteroatoms. The summed E-state index contributed by atoms with van der Waals surface area (Å²) in [5.74, 6) is 0.418. The van der Waals surface area contributed by atoms with Crippen molar-refractivity contribution in [1.29, 1.82) is 0 Å². The van der Waals surface area contributed by atoms with Crippen LogP contribution in [-0.2, 0) is 0 Å². The average Bonchev–Trinajstić information content (AvgIpc) is 2.95. The molecule has 1 aliphatic carbocycles. The highest BCUT2D eigenvalue weighted by molar-refractivity contribution is 6.31. The Labute approximate surface area is 129 Å². The third kappa shape index (κ3) is 2.88. The van der Waals surface area contributed by atoms with Crippen molar-refractivity contribution in [3.8, 4) is 5.69 Å². The van der Waals surface area contributed by atoms with Gasteiger partial charge in [0.2, 0.25) is 0 Å². The van der Waals surface area contributed by atoms with Gasteiger partial charge >= 0.3 is 0 Å². The van der Waals surface area contributed by atoms with E-state index in [0.29, 0.717) is 11.5 Å². The third-order valence-corrected chi connectivity index (χ3v) is 4.72. The molecule has 0 radical (unpaired) electrons. The van der Waals surface area contributed by atoms with Gasteiger partial charge in [-0.2, -0.15) is 5.10 Å². The van der Waals surface area contributed by atoms with Gasteiger partial charge in [0, 0.05) is 17.1 Å². The van der Waals surface area contributed by atoms with Gasteiger partial charge in [-0.3, -0.25) is 4.79 Å². The molecule has 2 aromatic rings. The molecule has 0 bridgehead atoms. The molecular weight excluding hydrogens is 284 g/mol. The first kappa shape index (κ1) is 14.3. The number of nitrogens with zero attached hydrogens (tertiary/aromatic N) is 2. The summed E-state index contributed by atoms with van der Waals surface area (Å²) in [6.45, 7) is 1.97. The molecule has 3 nitrogen and oxygen atoms in total. The fourth-order valence-electron chi connectivity index (χ4n) is 3.04. The van der Waals surface area contributed by atoms with Crippen molar-refractivity contribution in [2.75, 3.05) is 0 Å². The lowest BCUT2D eigenvalue weighted by Gasteiger charge is -2.20. The Morgan fingerprint density at radius 1 is 1.29 bits per heavy atom. The summed E-state index contributed by atoms with van der Waals surface area (Å²) >= 11 is 6.18. The Morgan fingerprint density at radius 3 is 2.71 bits per heavy atom. The number of aryl methyl sites for hydroxylation is 1. The van der Waals surface area contributed by atoms with Gasteiger partial charge in [0.05, 0.1) is 16.9 Å². The Bertz CT molecular complexity index is 657. The first-order chi connectivity index (χ1) is 10.2. The van der Waals surface area contributed by atoms with Gasteiger partial charge < -0.3 is 0 Å². The predicted octanol–water partition coefficient (Wildman–Crippen LogP) is 4.69. The fourth-order valence-corrected chi connectivity index (χ4v) is 3.22. The molecular formula is C17H19ClN2O. The van der Waals surface area contributed by atoms with Crippen molar-refractivity contribution >= 4 is 17.9 Å². The van der Waals surface area contributed by atoms with Gasteiger partial charge in [-0.15, -0.1) is 0 Å². The van der Waals surface area contributed by atoms with Gasteiger partial charge in [-0.25, -0.2) is 4.68 Å². The molecule has 1 aromatic carbocycles. The molecule has 1 aliphatic rings. The summed E-state index contributed by atoms with van der Waals surface area (Å²) in [6, 6.07) is 5.84. The zero-order valence-corrected chi connectivity index (χ0v) is 12.9. The van der Waals surface area contributed by atoms with Crippen LogP contribution in [0.4, 0.5) is 0 Å². The van der Waals surface area contributed by atoms with Crippen molar-refractivity contribution in [1.82, 2.24) is 9.78 Å². The van der Waals surface area contributed by atoms with Crippen molar-refractivity contribution in [3.05, 3.63) is 46.2 Å². The molecule has 1 aromatic heterocycles. The number of benzene rings is 1. The maximum absolute atomic E-state index is 11.4. The quantitative estimate of drug-likeness (QED) is 0.771. The number of hydrogen-bond acceptors (Lipinski definition) is 2. The molecule has 0 aliphatic heterocycles. The van der Waals surface area contributed by atoms with Crippen molar-refractivity contribution < 1.29 is 4.79 Å². The van der Waals surface area contributed by atoms with Gasteiger partial charge in [0.15, 0.2) is 6.29 Å². The highest BCUT2D eigenvalue weighted by atomic mass is 35.5. The highest BCUT2D eigenvalue weighted by Gasteiger charge is 2.22. The van der Waals surface area contributed by atoms with Crippen LogP contribution in [0.1, 0.15) is 59.6 Å². The van der Waals surface area contributed by atoms with Crippen LogP contribution in [0.25, 0.3) is 5.69 Å². The number of aldehydes is 1. The molecule has 0 atom stereocenters. The van der Waals surface area contributed by atoms with E-state index in [0.717, 1.165) is 41.1 Å². The Morgan fingerprint density at radius 2 is 2.05 bits per heavy atom. The van der Waals surface area contributed by atoms with Crippen molar-refractivity contribution in [2.24, 2.45) is 0 Å². The summed E-state index contributed by atoms with van der Waals surface area (Å²) in [7, 11) is 0. The number of halogens is 1. The molecule has 1 saturated carbocycles. The number of carbonyl (C=O) groups is 1. The van der Waals surface area contributed by atoms with Crippen LogP contribution >= 0.6 is 11.6 Å². The van der Waals surface area contributed by atoms with E-state index in [9.17, 15) is 4.79 Å². The second-order valence-corrected chi connectivity index (χ2v) is 6.21. The molecule has 21 heavy (non-hydrogen) atoms. The first-order valence-electron chi connectivity index (χ1n) is 7.50. The SMILES string of the molecule is Cc1ccc(-n2cc(C=O)c(C3CCCCC3)n2)cc1Cl.